The molecule has 6 heteroatoms. The summed E-state index contributed by atoms with van der Waals surface area (Å²) in [5.74, 6) is -0.371. The summed E-state index contributed by atoms with van der Waals surface area (Å²) < 4.78 is 26.1. The normalized spacial score (nSPS) is 11.5. The topological polar surface area (TPSA) is 75.3 Å². The molecule has 0 saturated carbocycles. The lowest BCUT2D eigenvalue weighted by Crippen LogP contribution is -2.25. The van der Waals surface area contributed by atoms with Gasteiger partial charge in [-0.05, 0) is 48.7 Å². The van der Waals surface area contributed by atoms with Crippen LogP contribution in [0.4, 0.5) is 5.69 Å². The van der Waals surface area contributed by atoms with Gasteiger partial charge in [0.15, 0.2) is 0 Å². The molecule has 1 amide bonds. The van der Waals surface area contributed by atoms with Crippen molar-refractivity contribution in [3.63, 3.8) is 0 Å². The quantitative estimate of drug-likeness (QED) is 0.540. The van der Waals surface area contributed by atoms with Crippen LogP contribution in [0.3, 0.4) is 0 Å². The van der Waals surface area contributed by atoms with Gasteiger partial charge in [0.25, 0.3) is 0 Å². The number of benzene rings is 2. The highest BCUT2D eigenvalue weighted by Gasteiger charge is 2.10. The van der Waals surface area contributed by atoms with Crippen molar-refractivity contribution in [3.05, 3.63) is 83.4 Å². The van der Waals surface area contributed by atoms with E-state index in [0.717, 1.165) is 11.1 Å². The van der Waals surface area contributed by atoms with Gasteiger partial charge in [-0.3, -0.25) is 4.79 Å². The van der Waals surface area contributed by atoms with Gasteiger partial charge in [0.2, 0.25) is 15.9 Å². The van der Waals surface area contributed by atoms with Gasteiger partial charge in [0.1, 0.15) is 0 Å². The largest absolute Gasteiger partial charge is 0.323 e. The Labute approximate surface area is 160 Å². The van der Waals surface area contributed by atoms with Gasteiger partial charge in [-0.15, -0.1) is 6.58 Å². The Bertz CT molecular complexity index is 946. The van der Waals surface area contributed by atoms with Crippen LogP contribution in [-0.2, 0) is 20.6 Å². The minimum absolute atomic E-state index is 0.123. The average Bonchev–Trinajstić information content (AvgIpc) is 2.61. The van der Waals surface area contributed by atoms with Crippen molar-refractivity contribution in [3.8, 4) is 0 Å². The number of sulfonamides is 1. The summed E-state index contributed by atoms with van der Waals surface area (Å²) in [6.07, 6.45) is 4.74. The second kappa shape index (κ2) is 9.30. The fraction of sp³-hybridized carbons (Fsp3) is 0.190. The van der Waals surface area contributed by atoms with Crippen LogP contribution in [-0.4, -0.2) is 20.9 Å². The van der Waals surface area contributed by atoms with E-state index in [1.165, 1.54) is 17.7 Å². The van der Waals surface area contributed by atoms with E-state index in [4.69, 9.17) is 0 Å². The number of aryl methyl sites for hydroxylation is 2. The molecule has 2 rings (SSSR count). The number of rotatable bonds is 8. The third-order valence-electron chi connectivity index (χ3n) is 3.87. The zero-order valence-corrected chi connectivity index (χ0v) is 16.3. The molecule has 2 aromatic carbocycles. The lowest BCUT2D eigenvalue weighted by molar-refractivity contribution is -0.111. The monoisotopic (exact) mass is 384 g/mol. The summed E-state index contributed by atoms with van der Waals surface area (Å²) in [7, 11) is -3.40. The summed E-state index contributed by atoms with van der Waals surface area (Å²) >= 11 is 0. The number of nitrogens with one attached hydrogen (secondary N) is 2. The molecule has 0 spiro atoms. The molecule has 0 fully saturated rings. The van der Waals surface area contributed by atoms with Crippen LogP contribution in [0.1, 0.15) is 22.3 Å². The van der Waals surface area contributed by atoms with E-state index in [9.17, 15) is 13.2 Å². The highest BCUT2D eigenvalue weighted by atomic mass is 32.2. The Morgan fingerprint density at radius 2 is 1.81 bits per heavy atom. The Morgan fingerprint density at radius 1 is 1.11 bits per heavy atom. The predicted octanol–water partition coefficient (Wildman–Crippen LogP) is 3.56. The Balaban J connectivity index is 1.96. The SMILES string of the molecule is C=CCNS(=O)(=O)Cc1ccc(NC(=O)/C=C/c2ccc(C)cc2C)cc1. The minimum atomic E-state index is -3.40. The summed E-state index contributed by atoms with van der Waals surface area (Å²) in [4.78, 5) is 12.1. The first-order chi connectivity index (χ1) is 12.8. The number of hydrogen-bond acceptors (Lipinski definition) is 3. The van der Waals surface area contributed by atoms with Crippen molar-refractivity contribution in [1.82, 2.24) is 4.72 Å². The Hall–Kier alpha value is -2.70. The summed E-state index contributed by atoms with van der Waals surface area (Å²) in [5.41, 5.74) is 4.51. The molecule has 0 aromatic heterocycles. The Morgan fingerprint density at radius 3 is 2.44 bits per heavy atom. The van der Waals surface area contributed by atoms with Crippen LogP contribution in [0.15, 0.2) is 61.2 Å². The number of amides is 1. The molecule has 2 aromatic rings. The third-order valence-corrected chi connectivity index (χ3v) is 5.19. The first-order valence-corrected chi connectivity index (χ1v) is 10.2. The van der Waals surface area contributed by atoms with E-state index in [1.54, 1.807) is 30.3 Å². The van der Waals surface area contributed by atoms with Gasteiger partial charge in [-0.2, -0.15) is 0 Å². The lowest BCUT2D eigenvalue weighted by atomic mass is 10.1. The first kappa shape index (κ1) is 20.6. The van der Waals surface area contributed by atoms with E-state index in [1.807, 2.05) is 26.0 Å². The molecule has 142 valence electrons. The van der Waals surface area contributed by atoms with Crippen molar-refractivity contribution in [2.75, 3.05) is 11.9 Å². The van der Waals surface area contributed by atoms with Gasteiger partial charge in [-0.25, -0.2) is 13.1 Å². The molecular formula is C21H24N2O3S. The van der Waals surface area contributed by atoms with Crippen LogP contribution in [0, 0.1) is 13.8 Å². The van der Waals surface area contributed by atoms with E-state index in [0.29, 0.717) is 11.3 Å². The molecule has 0 saturated heterocycles. The lowest BCUT2D eigenvalue weighted by Gasteiger charge is -2.07. The number of carbonyl (C=O) groups excluding carboxylic acids is 1. The second-order valence-corrected chi connectivity index (χ2v) is 8.08. The maximum absolute atomic E-state index is 12.1. The molecule has 0 bridgehead atoms. The number of hydrogen-bond donors (Lipinski definition) is 2. The Kier molecular flexibility index (Phi) is 7.10. The van der Waals surface area contributed by atoms with E-state index < -0.39 is 10.0 Å². The maximum atomic E-state index is 12.1. The highest BCUT2D eigenvalue weighted by Crippen LogP contribution is 2.14. The van der Waals surface area contributed by atoms with Gasteiger partial charge < -0.3 is 5.32 Å². The van der Waals surface area contributed by atoms with Gasteiger partial charge in [-0.1, -0.05) is 42.0 Å². The van der Waals surface area contributed by atoms with Crippen molar-refractivity contribution in [2.24, 2.45) is 0 Å². The fourth-order valence-electron chi connectivity index (χ4n) is 2.50. The van der Waals surface area contributed by atoms with Gasteiger partial charge >= 0.3 is 0 Å². The molecule has 0 aliphatic heterocycles. The zero-order valence-electron chi connectivity index (χ0n) is 15.5. The summed E-state index contributed by atoms with van der Waals surface area (Å²) in [6, 6.07) is 12.8. The average molecular weight is 385 g/mol. The molecule has 5 nitrogen and oxygen atoms in total. The van der Waals surface area contributed by atoms with Crippen LogP contribution in [0.2, 0.25) is 0 Å². The van der Waals surface area contributed by atoms with Crippen molar-refractivity contribution in [2.45, 2.75) is 19.6 Å². The standard InChI is InChI=1S/C21H24N2O3S/c1-4-13-22-27(25,26)15-18-6-10-20(11-7-18)23-21(24)12-9-19-8-5-16(2)14-17(19)3/h4-12,14,22H,1,13,15H2,2-3H3,(H,23,24)/b12-9+. The zero-order chi connectivity index (χ0) is 19.9. The van der Waals surface area contributed by atoms with Crippen molar-refractivity contribution >= 4 is 27.7 Å². The molecule has 27 heavy (non-hydrogen) atoms. The van der Waals surface area contributed by atoms with Crippen LogP contribution >= 0.6 is 0 Å². The molecule has 0 aliphatic carbocycles. The van der Waals surface area contributed by atoms with E-state index in [2.05, 4.69) is 22.7 Å². The maximum Gasteiger partial charge on any atom is 0.248 e. The molecule has 0 heterocycles. The number of carbonyl (C=O) groups is 1. The van der Waals surface area contributed by atoms with E-state index in [-0.39, 0.29) is 18.2 Å². The van der Waals surface area contributed by atoms with Crippen molar-refractivity contribution in [1.29, 1.82) is 0 Å². The second-order valence-electron chi connectivity index (χ2n) is 6.28. The smallest absolute Gasteiger partial charge is 0.248 e. The summed E-state index contributed by atoms with van der Waals surface area (Å²) in [5, 5.41) is 2.76. The minimum Gasteiger partial charge on any atom is -0.323 e. The fourth-order valence-corrected chi connectivity index (χ4v) is 3.61. The molecule has 0 atom stereocenters. The van der Waals surface area contributed by atoms with Crippen LogP contribution in [0.5, 0.6) is 0 Å². The van der Waals surface area contributed by atoms with Gasteiger partial charge in [0, 0.05) is 18.3 Å². The predicted molar refractivity (Wildman–Crippen MR) is 111 cm³/mol. The van der Waals surface area contributed by atoms with Crippen molar-refractivity contribution < 1.29 is 13.2 Å². The summed E-state index contributed by atoms with van der Waals surface area (Å²) in [6.45, 7) is 7.70. The first-order valence-electron chi connectivity index (χ1n) is 8.52. The number of anilines is 1. The molecule has 2 N–H and O–H groups in total. The molecule has 0 aliphatic rings. The van der Waals surface area contributed by atoms with Crippen LogP contribution in [0.25, 0.3) is 6.08 Å². The molecular weight excluding hydrogens is 360 g/mol. The highest BCUT2D eigenvalue weighted by molar-refractivity contribution is 7.88. The van der Waals surface area contributed by atoms with Crippen LogP contribution < -0.4 is 10.0 Å². The molecule has 0 radical (unpaired) electrons. The van der Waals surface area contributed by atoms with Gasteiger partial charge in [0.05, 0.1) is 5.75 Å². The van der Waals surface area contributed by atoms with E-state index >= 15 is 0 Å². The molecule has 0 unspecified atom stereocenters. The third kappa shape index (κ3) is 6.84.